The molecular weight excluding hydrogens is 459 g/mol. The first-order valence-electron chi connectivity index (χ1n) is 9.80. The van der Waals surface area contributed by atoms with Crippen LogP contribution in [-0.4, -0.2) is 51.1 Å². The predicted molar refractivity (Wildman–Crippen MR) is 120 cm³/mol. The number of unbranched alkanes of at least 4 members (excludes halogenated alkanes) is 1. The number of nitrogens with zero attached hydrogens (tertiary/aromatic N) is 2. The summed E-state index contributed by atoms with van der Waals surface area (Å²) in [5.41, 5.74) is 1.03. The van der Waals surface area contributed by atoms with Crippen LogP contribution in [0.25, 0.3) is 0 Å². The number of halogens is 1. The van der Waals surface area contributed by atoms with Gasteiger partial charge in [-0.3, -0.25) is 4.99 Å². The zero-order chi connectivity index (χ0) is 19.0. The van der Waals surface area contributed by atoms with Gasteiger partial charge in [-0.25, -0.2) is 0 Å². The van der Waals surface area contributed by atoms with Crippen molar-refractivity contribution in [3.8, 4) is 0 Å². The average molecular weight is 496 g/mol. The summed E-state index contributed by atoms with van der Waals surface area (Å²) in [5.74, 6) is 2.00. The number of ether oxygens (including phenoxy) is 2. The van der Waals surface area contributed by atoms with Crippen LogP contribution in [0.2, 0.25) is 0 Å². The van der Waals surface area contributed by atoms with Crippen LogP contribution in [0.4, 0.5) is 0 Å². The third kappa shape index (κ3) is 11.5. The molecule has 0 amide bonds. The lowest BCUT2D eigenvalue weighted by molar-refractivity contribution is 0.0487. The minimum absolute atomic E-state index is 0. The minimum Gasteiger partial charge on any atom is -0.379 e. The minimum atomic E-state index is 0. The van der Waals surface area contributed by atoms with Crippen LogP contribution >= 0.6 is 24.0 Å². The van der Waals surface area contributed by atoms with Crippen molar-refractivity contribution in [2.75, 3.05) is 40.0 Å². The number of hydrogen-bond donors (Lipinski definition) is 2. The van der Waals surface area contributed by atoms with Gasteiger partial charge in [0.25, 0.3) is 0 Å². The molecule has 0 aromatic carbocycles. The summed E-state index contributed by atoms with van der Waals surface area (Å²) in [5, 5.41) is 10.6. The molecule has 1 rings (SSSR count). The van der Waals surface area contributed by atoms with Crippen molar-refractivity contribution in [3.05, 3.63) is 17.5 Å². The van der Waals surface area contributed by atoms with Gasteiger partial charge in [0.15, 0.2) is 11.7 Å². The third-order valence-corrected chi connectivity index (χ3v) is 4.19. The average Bonchev–Trinajstić information content (AvgIpc) is 3.12. The van der Waals surface area contributed by atoms with E-state index >= 15 is 0 Å². The Kier molecular flexibility index (Phi) is 16.7. The quantitative estimate of drug-likeness (QED) is 0.177. The molecule has 0 unspecified atom stereocenters. The SMILES string of the molecule is CCCCOCCOCCNC(=NC)NCc1cc(C(CC)CC)no1.I. The molecule has 7 nitrogen and oxygen atoms in total. The third-order valence-electron chi connectivity index (χ3n) is 4.19. The zero-order valence-corrected chi connectivity index (χ0v) is 19.6. The second-order valence-corrected chi connectivity index (χ2v) is 6.16. The number of guanidine groups is 1. The molecular formula is C19H37IN4O3. The summed E-state index contributed by atoms with van der Waals surface area (Å²) in [7, 11) is 1.74. The molecule has 0 aliphatic rings. The maximum atomic E-state index is 5.53. The molecule has 0 fully saturated rings. The highest BCUT2D eigenvalue weighted by atomic mass is 127. The first-order chi connectivity index (χ1) is 12.7. The molecule has 27 heavy (non-hydrogen) atoms. The standard InChI is InChI=1S/C19H36N4O3.HI/c1-5-8-10-24-12-13-25-11-9-21-19(20-4)22-15-17-14-18(23-26-17)16(6-2)7-3;/h14,16H,5-13,15H2,1-4H3,(H2,20,21,22);1H. The molecule has 0 saturated heterocycles. The van der Waals surface area contributed by atoms with Gasteiger partial charge in [-0.15, -0.1) is 24.0 Å². The fourth-order valence-corrected chi connectivity index (χ4v) is 2.51. The van der Waals surface area contributed by atoms with Gasteiger partial charge in [-0.2, -0.15) is 0 Å². The van der Waals surface area contributed by atoms with Crippen LogP contribution in [0.15, 0.2) is 15.6 Å². The summed E-state index contributed by atoms with van der Waals surface area (Å²) in [6, 6.07) is 2.03. The number of hydrogen-bond acceptors (Lipinski definition) is 5. The van der Waals surface area contributed by atoms with Crippen molar-refractivity contribution in [1.29, 1.82) is 0 Å². The lowest BCUT2D eigenvalue weighted by Crippen LogP contribution is -2.38. The Labute approximate surface area is 181 Å². The normalized spacial score (nSPS) is 11.5. The fraction of sp³-hybridized carbons (Fsp3) is 0.789. The highest BCUT2D eigenvalue weighted by molar-refractivity contribution is 14.0. The van der Waals surface area contributed by atoms with E-state index in [0.29, 0.717) is 44.8 Å². The van der Waals surface area contributed by atoms with E-state index in [1.807, 2.05) is 6.07 Å². The van der Waals surface area contributed by atoms with Crippen LogP contribution in [0, 0.1) is 0 Å². The van der Waals surface area contributed by atoms with E-state index in [0.717, 1.165) is 43.7 Å². The van der Waals surface area contributed by atoms with Gasteiger partial charge in [-0.05, 0) is 19.3 Å². The van der Waals surface area contributed by atoms with Crippen molar-refractivity contribution in [2.24, 2.45) is 4.99 Å². The molecule has 1 heterocycles. The first-order valence-corrected chi connectivity index (χ1v) is 9.80. The molecule has 0 atom stereocenters. The topological polar surface area (TPSA) is 80.9 Å². The van der Waals surface area contributed by atoms with E-state index in [1.54, 1.807) is 7.05 Å². The van der Waals surface area contributed by atoms with Crippen molar-refractivity contribution < 1.29 is 14.0 Å². The van der Waals surface area contributed by atoms with E-state index in [4.69, 9.17) is 14.0 Å². The smallest absolute Gasteiger partial charge is 0.191 e. The molecule has 8 heteroatoms. The van der Waals surface area contributed by atoms with Crippen molar-refractivity contribution in [1.82, 2.24) is 15.8 Å². The summed E-state index contributed by atoms with van der Waals surface area (Å²) in [6.07, 6.45) is 4.41. The maximum absolute atomic E-state index is 5.53. The summed E-state index contributed by atoms with van der Waals surface area (Å²) >= 11 is 0. The van der Waals surface area contributed by atoms with Crippen molar-refractivity contribution >= 4 is 29.9 Å². The number of rotatable bonds is 14. The van der Waals surface area contributed by atoms with Crippen LogP contribution < -0.4 is 10.6 Å². The van der Waals surface area contributed by atoms with Crippen molar-refractivity contribution in [3.63, 3.8) is 0 Å². The molecule has 2 N–H and O–H groups in total. The van der Waals surface area contributed by atoms with Crippen LogP contribution in [0.3, 0.4) is 0 Å². The monoisotopic (exact) mass is 496 g/mol. The molecule has 1 aromatic rings. The second-order valence-electron chi connectivity index (χ2n) is 6.16. The van der Waals surface area contributed by atoms with Gasteiger partial charge in [0.2, 0.25) is 0 Å². The highest BCUT2D eigenvalue weighted by Crippen LogP contribution is 2.22. The van der Waals surface area contributed by atoms with E-state index < -0.39 is 0 Å². The van der Waals surface area contributed by atoms with Crippen LogP contribution in [-0.2, 0) is 16.0 Å². The van der Waals surface area contributed by atoms with Gasteiger partial charge in [0.05, 0.1) is 32.1 Å². The Hall–Kier alpha value is -0.870. The molecule has 0 saturated carbocycles. The zero-order valence-electron chi connectivity index (χ0n) is 17.3. The Balaban J connectivity index is 0.00000676. The fourth-order valence-electron chi connectivity index (χ4n) is 2.51. The van der Waals surface area contributed by atoms with Gasteiger partial charge >= 0.3 is 0 Å². The first kappa shape index (κ1) is 26.1. The van der Waals surface area contributed by atoms with Gasteiger partial charge in [0, 0.05) is 32.2 Å². The molecule has 0 aliphatic heterocycles. The van der Waals surface area contributed by atoms with Crippen LogP contribution in [0.1, 0.15) is 63.8 Å². The summed E-state index contributed by atoms with van der Waals surface area (Å²) in [4.78, 5) is 4.20. The molecule has 0 spiro atoms. The number of aliphatic imine (C=N–C) groups is 1. The Bertz CT molecular complexity index is 493. The van der Waals surface area contributed by atoms with E-state index in [-0.39, 0.29) is 24.0 Å². The largest absolute Gasteiger partial charge is 0.379 e. The molecule has 158 valence electrons. The van der Waals surface area contributed by atoms with Gasteiger partial charge in [0.1, 0.15) is 0 Å². The Morgan fingerprint density at radius 2 is 1.81 bits per heavy atom. The molecule has 1 aromatic heterocycles. The lowest BCUT2D eigenvalue weighted by Gasteiger charge is -2.11. The Morgan fingerprint density at radius 1 is 1.11 bits per heavy atom. The Morgan fingerprint density at radius 3 is 2.44 bits per heavy atom. The van der Waals surface area contributed by atoms with E-state index in [1.165, 1.54) is 0 Å². The van der Waals surface area contributed by atoms with Gasteiger partial charge < -0.3 is 24.6 Å². The molecule has 0 radical (unpaired) electrons. The van der Waals surface area contributed by atoms with E-state index in [9.17, 15) is 0 Å². The molecule has 0 aliphatic carbocycles. The number of aromatic nitrogens is 1. The lowest BCUT2D eigenvalue weighted by atomic mass is 9.99. The predicted octanol–water partition coefficient (Wildman–Crippen LogP) is 3.69. The summed E-state index contributed by atoms with van der Waals surface area (Å²) in [6.45, 7) is 10.4. The van der Waals surface area contributed by atoms with Crippen LogP contribution in [0.5, 0.6) is 0 Å². The van der Waals surface area contributed by atoms with Crippen molar-refractivity contribution in [2.45, 2.75) is 58.9 Å². The maximum Gasteiger partial charge on any atom is 0.191 e. The van der Waals surface area contributed by atoms with Gasteiger partial charge in [-0.1, -0.05) is 32.3 Å². The van der Waals surface area contributed by atoms with E-state index in [2.05, 4.69) is 41.6 Å². The molecule has 0 bridgehead atoms. The second kappa shape index (κ2) is 17.2. The number of nitrogens with one attached hydrogen (secondary N) is 2. The summed E-state index contributed by atoms with van der Waals surface area (Å²) < 4.78 is 16.4. The highest BCUT2D eigenvalue weighted by Gasteiger charge is 2.13.